The van der Waals surface area contributed by atoms with Crippen LogP contribution in [0.15, 0.2) is 47.4 Å². The number of anilines is 1. The summed E-state index contributed by atoms with van der Waals surface area (Å²) in [5, 5.41) is 2.87. The van der Waals surface area contributed by atoms with Crippen LogP contribution >= 0.6 is 11.8 Å². The quantitative estimate of drug-likeness (QED) is 0.856. The highest BCUT2D eigenvalue weighted by Crippen LogP contribution is 2.27. The van der Waals surface area contributed by atoms with E-state index in [0.29, 0.717) is 22.7 Å². The summed E-state index contributed by atoms with van der Waals surface area (Å²) in [4.78, 5) is 13.3. The molecular formula is C16H17NO3S. The Hall–Kier alpha value is -2.14. The zero-order chi connectivity index (χ0) is 15.2. The van der Waals surface area contributed by atoms with Crippen LogP contribution in [0.4, 0.5) is 5.69 Å². The molecule has 0 atom stereocenters. The SMILES string of the molecule is COc1cc(NC(=O)c2ccccc2SC)cc(OC)c1. The molecule has 1 N–H and O–H groups in total. The summed E-state index contributed by atoms with van der Waals surface area (Å²) in [5.74, 6) is 1.10. The van der Waals surface area contributed by atoms with E-state index in [2.05, 4.69) is 5.32 Å². The Morgan fingerprint density at radius 2 is 1.67 bits per heavy atom. The first kappa shape index (κ1) is 15.3. The lowest BCUT2D eigenvalue weighted by Crippen LogP contribution is -2.13. The average Bonchev–Trinajstić information content (AvgIpc) is 2.54. The Balaban J connectivity index is 2.27. The number of hydrogen-bond acceptors (Lipinski definition) is 4. The second-order valence-electron chi connectivity index (χ2n) is 4.26. The van der Waals surface area contributed by atoms with Gasteiger partial charge in [-0.25, -0.2) is 0 Å². The lowest BCUT2D eigenvalue weighted by molar-refractivity contribution is 0.102. The van der Waals surface area contributed by atoms with Crippen LogP contribution in [-0.4, -0.2) is 26.4 Å². The fraction of sp³-hybridized carbons (Fsp3) is 0.188. The number of methoxy groups -OCH3 is 2. The fourth-order valence-corrected chi connectivity index (χ4v) is 2.51. The molecule has 0 aliphatic carbocycles. The van der Waals surface area contributed by atoms with Gasteiger partial charge in [-0.15, -0.1) is 11.8 Å². The summed E-state index contributed by atoms with van der Waals surface area (Å²) < 4.78 is 10.4. The zero-order valence-electron chi connectivity index (χ0n) is 12.2. The molecule has 0 saturated heterocycles. The number of carbonyl (C=O) groups excluding carboxylic acids is 1. The van der Waals surface area contributed by atoms with Gasteiger partial charge in [0.1, 0.15) is 11.5 Å². The van der Waals surface area contributed by atoms with Gasteiger partial charge in [0.05, 0.1) is 19.8 Å². The van der Waals surface area contributed by atoms with Gasteiger partial charge >= 0.3 is 0 Å². The molecule has 0 aromatic heterocycles. The standard InChI is InChI=1S/C16H17NO3S/c1-19-12-8-11(9-13(10-12)20-2)17-16(18)14-6-4-5-7-15(14)21-3/h4-10H,1-3H3,(H,17,18). The summed E-state index contributed by atoms with van der Waals surface area (Å²) in [5.41, 5.74) is 1.28. The van der Waals surface area contributed by atoms with E-state index in [1.54, 1.807) is 38.5 Å². The molecule has 21 heavy (non-hydrogen) atoms. The molecule has 5 heteroatoms. The van der Waals surface area contributed by atoms with Crippen LogP contribution in [0.2, 0.25) is 0 Å². The predicted molar refractivity (Wildman–Crippen MR) is 85.7 cm³/mol. The van der Waals surface area contributed by atoms with E-state index < -0.39 is 0 Å². The van der Waals surface area contributed by atoms with Crippen molar-refractivity contribution >= 4 is 23.4 Å². The third kappa shape index (κ3) is 3.70. The van der Waals surface area contributed by atoms with E-state index in [0.717, 1.165) is 4.90 Å². The number of nitrogens with one attached hydrogen (secondary N) is 1. The summed E-state index contributed by atoms with van der Waals surface area (Å²) in [7, 11) is 3.15. The lowest BCUT2D eigenvalue weighted by Gasteiger charge is -2.11. The molecule has 0 fully saturated rings. The number of thioether (sulfide) groups is 1. The van der Waals surface area contributed by atoms with Gasteiger partial charge in [0.15, 0.2) is 0 Å². The third-order valence-corrected chi connectivity index (χ3v) is 3.76. The Labute approximate surface area is 128 Å². The topological polar surface area (TPSA) is 47.6 Å². The Morgan fingerprint density at radius 3 is 2.24 bits per heavy atom. The third-order valence-electron chi connectivity index (χ3n) is 2.96. The van der Waals surface area contributed by atoms with Gasteiger partial charge in [-0.2, -0.15) is 0 Å². The summed E-state index contributed by atoms with van der Waals surface area (Å²) in [6.07, 6.45) is 1.95. The van der Waals surface area contributed by atoms with E-state index in [-0.39, 0.29) is 5.91 Å². The molecule has 0 unspecified atom stereocenters. The minimum atomic E-state index is -0.157. The monoisotopic (exact) mass is 303 g/mol. The van der Waals surface area contributed by atoms with Crippen LogP contribution in [0.3, 0.4) is 0 Å². The number of carbonyl (C=O) groups is 1. The molecule has 1 amide bonds. The van der Waals surface area contributed by atoms with E-state index in [1.807, 2.05) is 24.5 Å². The largest absolute Gasteiger partial charge is 0.497 e. The fourth-order valence-electron chi connectivity index (χ4n) is 1.91. The van der Waals surface area contributed by atoms with Crippen molar-refractivity contribution in [3.63, 3.8) is 0 Å². The highest BCUT2D eigenvalue weighted by Gasteiger charge is 2.11. The van der Waals surface area contributed by atoms with Crippen LogP contribution < -0.4 is 14.8 Å². The molecule has 4 nitrogen and oxygen atoms in total. The molecule has 110 valence electrons. The van der Waals surface area contributed by atoms with Crippen molar-refractivity contribution in [1.82, 2.24) is 0 Å². The first-order chi connectivity index (χ1) is 10.2. The van der Waals surface area contributed by atoms with Gasteiger partial charge in [0.25, 0.3) is 5.91 Å². The minimum absolute atomic E-state index is 0.157. The van der Waals surface area contributed by atoms with Gasteiger partial charge in [0, 0.05) is 28.8 Å². The van der Waals surface area contributed by atoms with Crippen molar-refractivity contribution < 1.29 is 14.3 Å². The molecule has 2 aromatic carbocycles. The number of ether oxygens (including phenoxy) is 2. The first-order valence-electron chi connectivity index (χ1n) is 6.35. The Morgan fingerprint density at radius 1 is 1.05 bits per heavy atom. The number of benzene rings is 2. The lowest BCUT2D eigenvalue weighted by atomic mass is 10.2. The molecule has 0 spiro atoms. The Kier molecular flexibility index (Phi) is 5.11. The maximum absolute atomic E-state index is 12.4. The van der Waals surface area contributed by atoms with E-state index in [4.69, 9.17) is 9.47 Å². The molecule has 2 aromatic rings. The maximum Gasteiger partial charge on any atom is 0.256 e. The molecule has 0 radical (unpaired) electrons. The van der Waals surface area contributed by atoms with Crippen molar-refractivity contribution in [3.05, 3.63) is 48.0 Å². The number of hydrogen-bond donors (Lipinski definition) is 1. The molecule has 2 rings (SSSR count). The van der Waals surface area contributed by atoms with Crippen LogP contribution in [0, 0.1) is 0 Å². The summed E-state index contributed by atoms with van der Waals surface area (Å²) in [6, 6.07) is 12.7. The minimum Gasteiger partial charge on any atom is -0.497 e. The van der Waals surface area contributed by atoms with Gasteiger partial charge in [-0.05, 0) is 18.4 Å². The highest BCUT2D eigenvalue weighted by molar-refractivity contribution is 7.98. The van der Waals surface area contributed by atoms with Crippen molar-refractivity contribution in [2.75, 3.05) is 25.8 Å². The second-order valence-corrected chi connectivity index (χ2v) is 5.10. The average molecular weight is 303 g/mol. The summed E-state index contributed by atoms with van der Waals surface area (Å²) >= 11 is 1.54. The van der Waals surface area contributed by atoms with Gasteiger partial charge in [0.2, 0.25) is 0 Å². The van der Waals surface area contributed by atoms with Crippen LogP contribution in [0.1, 0.15) is 10.4 Å². The van der Waals surface area contributed by atoms with E-state index in [1.165, 1.54) is 11.8 Å². The predicted octanol–water partition coefficient (Wildman–Crippen LogP) is 3.68. The van der Waals surface area contributed by atoms with E-state index >= 15 is 0 Å². The molecule has 0 heterocycles. The molecule has 0 saturated carbocycles. The van der Waals surface area contributed by atoms with Gasteiger partial charge in [-0.3, -0.25) is 4.79 Å². The molecule has 0 aliphatic heterocycles. The molecule has 0 bridgehead atoms. The van der Waals surface area contributed by atoms with Crippen molar-refractivity contribution in [1.29, 1.82) is 0 Å². The molecule has 0 aliphatic rings. The first-order valence-corrected chi connectivity index (χ1v) is 7.58. The summed E-state index contributed by atoms with van der Waals surface area (Å²) in [6.45, 7) is 0. The van der Waals surface area contributed by atoms with Crippen molar-refractivity contribution in [3.8, 4) is 11.5 Å². The van der Waals surface area contributed by atoms with Crippen LogP contribution in [0.5, 0.6) is 11.5 Å². The smallest absolute Gasteiger partial charge is 0.256 e. The van der Waals surface area contributed by atoms with Crippen LogP contribution in [0.25, 0.3) is 0 Å². The maximum atomic E-state index is 12.4. The number of amides is 1. The van der Waals surface area contributed by atoms with Gasteiger partial charge < -0.3 is 14.8 Å². The van der Waals surface area contributed by atoms with Crippen molar-refractivity contribution in [2.24, 2.45) is 0 Å². The van der Waals surface area contributed by atoms with Crippen LogP contribution in [-0.2, 0) is 0 Å². The normalized spacial score (nSPS) is 10.0. The number of rotatable bonds is 5. The highest BCUT2D eigenvalue weighted by atomic mass is 32.2. The second kappa shape index (κ2) is 7.04. The zero-order valence-corrected chi connectivity index (χ0v) is 13.0. The molecular weight excluding hydrogens is 286 g/mol. The van der Waals surface area contributed by atoms with Crippen molar-refractivity contribution in [2.45, 2.75) is 4.90 Å². The van der Waals surface area contributed by atoms with Gasteiger partial charge in [-0.1, -0.05) is 12.1 Å². The van der Waals surface area contributed by atoms with E-state index in [9.17, 15) is 4.79 Å². The Bertz CT molecular complexity index is 621.